The summed E-state index contributed by atoms with van der Waals surface area (Å²) in [5.41, 5.74) is 19.5. The number of hydrogen-bond acceptors (Lipinski definition) is 2. The minimum atomic E-state index is 0.0934. The maximum absolute atomic E-state index is 2.53. The molecule has 0 N–H and O–H groups in total. The molecule has 6 aromatic carbocycles. The summed E-state index contributed by atoms with van der Waals surface area (Å²) in [6.07, 6.45) is 0. The van der Waals surface area contributed by atoms with Crippen LogP contribution in [0.3, 0.4) is 0 Å². The summed E-state index contributed by atoms with van der Waals surface area (Å²) in [6, 6.07) is 37.9. The lowest BCUT2D eigenvalue weighted by Gasteiger charge is -2.23. The SMILES string of the molecule is Cc1cc(C(C)(C)C)cc(C)c1C1=c2cc3cc4c(cc3cc2-c2sc3ccccc3c21)=C(c1c(C)cc(C(C)(C)C)cc1C)c1c-4sc2ccccc12. The summed E-state index contributed by atoms with van der Waals surface area (Å²) in [7, 11) is 0. The normalized spacial score (nSPS) is 13.7. The molecular weight excluding hydrogens is 689 g/mol. The molecule has 0 fully saturated rings. The lowest BCUT2D eigenvalue weighted by Crippen LogP contribution is -2.14. The van der Waals surface area contributed by atoms with Gasteiger partial charge in [-0.25, -0.2) is 0 Å². The number of hydrogen-bond donors (Lipinski definition) is 0. The van der Waals surface area contributed by atoms with Crippen molar-refractivity contribution >= 4 is 64.8 Å². The molecule has 2 heteroatoms. The van der Waals surface area contributed by atoms with Crippen LogP contribution in [0, 0.1) is 27.7 Å². The highest BCUT2D eigenvalue weighted by atomic mass is 32.1. The second-order valence-electron chi connectivity index (χ2n) is 18.0. The zero-order chi connectivity index (χ0) is 37.6. The topological polar surface area (TPSA) is 0 Å². The number of thiophene rings is 2. The van der Waals surface area contributed by atoms with Gasteiger partial charge in [0.2, 0.25) is 0 Å². The van der Waals surface area contributed by atoms with Gasteiger partial charge < -0.3 is 0 Å². The summed E-state index contributed by atoms with van der Waals surface area (Å²) in [5, 5.41) is 8.09. The van der Waals surface area contributed by atoms with Crippen LogP contribution < -0.4 is 10.4 Å². The highest BCUT2D eigenvalue weighted by Crippen LogP contribution is 2.50. The molecule has 0 aliphatic heterocycles. The van der Waals surface area contributed by atoms with Crippen molar-refractivity contribution in [1.29, 1.82) is 0 Å². The monoisotopic (exact) mass is 734 g/mol. The number of aryl methyl sites for hydroxylation is 4. The molecule has 0 saturated heterocycles. The van der Waals surface area contributed by atoms with E-state index in [0.29, 0.717) is 0 Å². The van der Waals surface area contributed by atoms with Crippen LogP contribution in [0.15, 0.2) is 97.1 Å². The Morgan fingerprint density at radius 1 is 0.407 bits per heavy atom. The first kappa shape index (κ1) is 33.8. The molecule has 2 aromatic heterocycles. The number of fused-ring (bicyclic) bond motifs is 11. The molecule has 2 aliphatic rings. The van der Waals surface area contributed by atoms with E-state index in [4.69, 9.17) is 0 Å². The summed E-state index contributed by atoms with van der Waals surface area (Å²) in [6.45, 7) is 23.2. The largest absolute Gasteiger partial charge is 0.135 e. The molecule has 0 atom stereocenters. The van der Waals surface area contributed by atoms with Crippen molar-refractivity contribution in [2.24, 2.45) is 0 Å². The molecule has 0 spiro atoms. The Labute approximate surface area is 327 Å². The molecule has 0 saturated carbocycles. The summed E-state index contributed by atoms with van der Waals surface area (Å²) in [4.78, 5) is 2.81. The Morgan fingerprint density at radius 2 is 0.759 bits per heavy atom. The van der Waals surface area contributed by atoms with Crippen molar-refractivity contribution in [2.45, 2.75) is 80.1 Å². The molecule has 8 aromatic rings. The molecule has 0 unspecified atom stereocenters. The van der Waals surface area contributed by atoms with E-state index in [1.807, 2.05) is 22.7 Å². The number of benzene rings is 6. The maximum Gasteiger partial charge on any atom is 0.0440 e. The van der Waals surface area contributed by atoms with Crippen molar-refractivity contribution in [1.82, 2.24) is 0 Å². The van der Waals surface area contributed by atoms with Crippen LogP contribution in [0.1, 0.15) is 97.2 Å². The van der Waals surface area contributed by atoms with Gasteiger partial charge in [-0.15, -0.1) is 22.7 Å². The summed E-state index contributed by atoms with van der Waals surface area (Å²) in [5.74, 6) is 0. The van der Waals surface area contributed by atoms with Crippen molar-refractivity contribution in [3.8, 4) is 20.9 Å². The first-order valence-corrected chi connectivity index (χ1v) is 21.0. The molecular formula is C52H46S2. The van der Waals surface area contributed by atoms with Gasteiger partial charge in [0.1, 0.15) is 0 Å². The van der Waals surface area contributed by atoms with Gasteiger partial charge >= 0.3 is 0 Å². The van der Waals surface area contributed by atoms with E-state index in [-0.39, 0.29) is 10.8 Å². The minimum Gasteiger partial charge on any atom is -0.135 e. The first-order chi connectivity index (χ1) is 25.7. The predicted octanol–water partition coefficient (Wildman–Crippen LogP) is 13.6. The Kier molecular flexibility index (Phi) is 7.12. The Bertz CT molecular complexity index is 2830. The Morgan fingerprint density at radius 3 is 1.11 bits per heavy atom. The first-order valence-electron chi connectivity index (χ1n) is 19.3. The highest BCUT2D eigenvalue weighted by molar-refractivity contribution is 7.23. The predicted molar refractivity (Wildman–Crippen MR) is 237 cm³/mol. The van der Waals surface area contributed by atoms with Crippen molar-refractivity contribution in [3.05, 3.63) is 163 Å². The molecule has 2 aliphatic carbocycles. The van der Waals surface area contributed by atoms with E-state index in [9.17, 15) is 0 Å². The fraction of sp³-hybridized carbons (Fsp3) is 0.231. The van der Waals surface area contributed by atoms with Crippen LogP contribution in [0.25, 0.3) is 63.0 Å². The molecule has 266 valence electrons. The van der Waals surface area contributed by atoms with Crippen molar-refractivity contribution in [2.75, 3.05) is 0 Å². The van der Waals surface area contributed by atoms with E-state index >= 15 is 0 Å². The van der Waals surface area contributed by atoms with Gasteiger partial charge in [0.05, 0.1) is 0 Å². The van der Waals surface area contributed by atoms with Crippen LogP contribution >= 0.6 is 22.7 Å². The zero-order valence-electron chi connectivity index (χ0n) is 33.1. The maximum atomic E-state index is 2.53. The third kappa shape index (κ3) is 4.79. The standard InChI is InChI=1S/C52H46S2/c1-27-19-33(51(5,6)7)20-28(2)43(27)45-37-23-31-26-40-38(24-32(31)25-39(37)49-47(45)35-15-11-13-17-41(35)53-49)46(48-36-16-12-14-18-42(36)54-50(40)48)44-29(3)21-34(22-30(44)4)52(8,9)10/h11-26H,1-10H3. The lowest BCUT2D eigenvalue weighted by atomic mass is 9.81. The van der Waals surface area contributed by atoms with Gasteiger partial charge in [0.25, 0.3) is 0 Å². The third-order valence-electron chi connectivity index (χ3n) is 12.1. The van der Waals surface area contributed by atoms with E-state index < -0.39 is 0 Å². The average Bonchev–Trinajstić information content (AvgIpc) is 3.83. The fourth-order valence-electron chi connectivity index (χ4n) is 9.48. The van der Waals surface area contributed by atoms with Crippen molar-refractivity contribution in [3.63, 3.8) is 0 Å². The second kappa shape index (κ2) is 11.4. The van der Waals surface area contributed by atoms with Gasteiger partial charge in [-0.1, -0.05) is 102 Å². The Balaban J connectivity index is 1.32. The molecule has 2 heterocycles. The molecule has 0 amide bonds. The van der Waals surface area contributed by atoms with Crippen LogP contribution in [0.5, 0.6) is 0 Å². The van der Waals surface area contributed by atoms with Crippen LogP contribution in [0.4, 0.5) is 0 Å². The molecule has 0 nitrogen and oxygen atoms in total. The van der Waals surface area contributed by atoms with Crippen LogP contribution in [-0.2, 0) is 10.8 Å². The smallest absolute Gasteiger partial charge is 0.0440 e. The minimum absolute atomic E-state index is 0.0934. The fourth-order valence-corrected chi connectivity index (χ4v) is 12.0. The average molecular weight is 735 g/mol. The Hall–Kier alpha value is -4.76. The molecule has 0 bridgehead atoms. The van der Waals surface area contributed by atoms with Gasteiger partial charge in [0.15, 0.2) is 0 Å². The molecule has 10 rings (SSSR count). The second-order valence-corrected chi connectivity index (χ2v) is 20.1. The van der Waals surface area contributed by atoms with E-state index in [1.165, 1.54) is 129 Å². The zero-order valence-corrected chi connectivity index (χ0v) is 34.7. The number of rotatable bonds is 2. The lowest BCUT2D eigenvalue weighted by molar-refractivity contribution is 0.589. The van der Waals surface area contributed by atoms with Crippen LogP contribution in [-0.4, -0.2) is 0 Å². The summed E-state index contributed by atoms with van der Waals surface area (Å²) >= 11 is 3.91. The highest BCUT2D eigenvalue weighted by Gasteiger charge is 2.32. The quantitative estimate of drug-likeness (QED) is 0.166. The van der Waals surface area contributed by atoms with E-state index in [1.54, 1.807) is 0 Å². The van der Waals surface area contributed by atoms with Gasteiger partial charge in [-0.2, -0.15) is 0 Å². The van der Waals surface area contributed by atoms with Crippen molar-refractivity contribution < 1.29 is 0 Å². The third-order valence-corrected chi connectivity index (χ3v) is 14.5. The molecule has 54 heavy (non-hydrogen) atoms. The molecule has 0 radical (unpaired) electrons. The summed E-state index contributed by atoms with van der Waals surface area (Å²) < 4.78 is 2.72. The van der Waals surface area contributed by atoms with E-state index in [0.717, 1.165) is 0 Å². The van der Waals surface area contributed by atoms with E-state index in [2.05, 4.69) is 166 Å². The van der Waals surface area contributed by atoms with Gasteiger partial charge in [-0.3, -0.25) is 0 Å². The van der Waals surface area contributed by atoms with Gasteiger partial charge in [0, 0.05) is 52.2 Å². The van der Waals surface area contributed by atoms with Gasteiger partial charge in [-0.05, 0) is 152 Å². The van der Waals surface area contributed by atoms with Crippen LogP contribution in [0.2, 0.25) is 0 Å².